The molecule has 4 rings (SSSR count). The molecule has 2 N–H and O–H groups in total. The Balaban J connectivity index is 2.11. The molecule has 1 unspecified atom stereocenters. The van der Waals surface area contributed by atoms with Gasteiger partial charge in [-0.25, -0.2) is 4.79 Å². The molecule has 6 nitrogen and oxygen atoms in total. The lowest BCUT2D eigenvalue weighted by Gasteiger charge is -2.32. The van der Waals surface area contributed by atoms with E-state index in [1.807, 2.05) is 40.8 Å². The number of nitrogens with one attached hydrogen (secondary N) is 1. The Bertz CT molecular complexity index is 1390. The van der Waals surface area contributed by atoms with E-state index in [0.717, 1.165) is 57.0 Å². The largest absolute Gasteiger partial charge is 0.490 e. The zero-order chi connectivity index (χ0) is 27.9. The van der Waals surface area contributed by atoms with Crippen LogP contribution in [0, 0.1) is 27.7 Å². The van der Waals surface area contributed by atoms with Crippen LogP contribution in [0.25, 0.3) is 22.3 Å². The summed E-state index contributed by atoms with van der Waals surface area (Å²) in [6.07, 6.45) is -1.15. The van der Waals surface area contributed by atoms with Gasteiger partial charge in [-0.3, -0.25) is 0 Å². The lowest BCUT2D eigenvalue weighted by atomic mass is 9.82. The number of aryl methyl sites for hydroxylation is 2. The number of benzene rings is 3. The molecule has 0 bridgehead atoms. The second-order valence-electron chi connectivity index (χ2n) is 11.2. The maximum Gasteiger partial charge on any atom is 0.337 e. The first-order valence-electron chi connectivity index (χ1n) is 13.2. The van der Waals surface area contributed by atoms with Gasteiger partial charge in [0.25, 0.3) is 0 Å². The van der Waals surface area contributed by atoms with Gasteiger partial charge in [-0.05, 0) is 99.5 Å². The minimum atomic E-state index is -1.15. The highest BCUT2D eigenvalue weighted by molar-refractivity contribution is 5.94. The molecule has 6 heteroatoms. The third kappa shape index (κ3) is 5.10. The normalized spacial score (nSPS) is 14.1. The summed E-state index contributed by atoms with van der Waals surface area (Å²) < 4.78 is 12.3. The lowest BCUT2D eigenvalue weighted by molar-refractivity contribution is -0.160. The summed E-state index contributed by atoms with van der Waals surface area (Å²) in [6, 6.07) is 12.6. The number of nitrogens with zero attached hydrogens (tertiary/aromatic N) is 1. The molecule has 0 radical (unpaired) electrons. The van der Waals surface area contributed by atoms with Crippen LogP contribution in [0.15, 0.2) is 36.4 Å². The zero-order valence-corrected chi connectivity index (χ0v) is 24.1. The number of carbonyl (C=O) groups is 1. The van der Waals surface area contributed by atoms with E-state index in [1.54, 1.807) is 0 Å². The van der Waals surface area contributed by atoms with Crippen molar-refractivity contribution >= 4 is 17.3 Å². The number of likely N-dealkylation sites (N-methyl/N-ethyl adjacent to an activating group) is 1. The standard InChI is InChI=1S/C32H40N2O4/c1-18-10-11-22(16-19(18)2)27-20(3)26(23-12-13-24-25(17-23)37-15-14-34(24)9)28(21(4)29(27)33-8)30(31(35)36)38-32(5,6)7/h10-13,16-17,30,33H,14-15H2,1-9H3,(H,35,36). The smallest absolute Gasteiger partial charge is 0.337 e. The Hall–Kier alpha value is -3.51. The predicted octanol–water partition coefficient (Wildman–Crippen LogP) is 7.07. The molecule has 0 aliphatic carbocycles. The van der Waals surface area contributed by atoms with Crippen LogP contribution in [-0.4, -0.2) is 43.9 Å². The third-order valence-electron chi connectivity index (χ3n) is 7.40. The Morgan fingerprint density at radius 1 is 1.00 bits per heavy atom. The van der Waals surface area contributed by atoms with E-state index in [1.165, 1.54) is 11.1 Å². The van der Waals surface area contributed by atoms with Crippen LogP contribution in [-0.2, 0) is 9.53 Å². The van der Waals surface area contributed by atoms with E-state index in [2.05, 4.69) is 68.4 Å². The molecule has 1 atom stereocenters. The van der Waals surface area contributed by atoms with E-state index in [4.69, 9.17) is 9.47 Å². The first-order chi connectivity index (χ1) is 17.8. The Labute approximate surface area is 226 Å². The number of hydrogen-bond donors (Lipinski definition) is 2. The fraction of sp³-hybridized carbons (Fsp3) is 0.406. The number of carboxylic acids is 1. The summed E-state index contributed by atoms with van der Waals surface area (Å²) in [6.45, 7) is 15.4. The van der Waals surface area contributed by atoms with Crippen molar-refractivity contribution in [3.05, 3.63) is 64.2 Å². The van der Waals surface area contributed by atoms with E-state index in [9.17, 15) is 9.90 Å². The van der Waals surface area contributed by atoms with Gasteiger partial charge in [0.2, 0.25) is 0 Å². The van der Waals surface area contributed by atoms with Crippen LogP contribution < -0.4 is 15.0 Å². The maximum absolute atomic E-state index is 12.8. The van der Waals surface area contributed by atoms with Crippen molar-refractivity contribution in [1.82, 2.24) is 0 Å². The monoisotopic (exact) mass is 516 g/mol. The predicted molar refractivity (Wildman–Crippen MR) is 156 cm³/mol. The number of hydrogen-bond acceptors (Lipinski definition) is 5. The molecule has 1 aliphatic heterocycles. The molecule has 0 amide bonds. The van der Waals surface area contributed by atoms with Gasteiger partial charge < -0.3 is 24.8 Å². The van der Waals surface area contributed by atoms with Crippen LogP contribution in [0.2, 0.25) is 0 Å². The summed E-state index contributed by atoms with van der Waals surface area (Å²) in [4.78, 5) is 14.9. The molecule has 38 heavy (non-hydrogen) atoms. The Kier molecular flexibility index (Phi) is 7.48. The first-order valence-corrected chi connectivity index (χ1v) is 13.2. The first kappa shape index (κ1) is 27.5. The summed E-state index contributed by atoms with van der Waals surface area (Å²) in [7, 11) is 3.94. The summed E-state index contributed by atoms with van der Waals surface area (Å²) in [5.74, 6) is -0.216. The number of aliphatic carboxylic acids is 1. The number of anilines is 2. The quantitative estimate of drug-likeness (QED) is 0.365. The molecular weight excluding hydrogens is 476 g/mol. The molecule has 0 aromatic heterocycles. The number of ether oxygens (including phenoxy) is 2. The highest BCUT2D eigenvalue weighted by Crippen LogP contribution is 2.48. The molecule has 1 aliphatic rings. The van der Waals surface area contributed by atoms with Crippen LogP contribution >= 0.6 is 0 Å². The van der Waals surface area contributed by atoms with Gasteiger partial charge in [-0.2, -0.15) is 0 Å². The van der Waals surface area contributed by atoms with Crippen LogP contribution in [0.4, 0.5) is 11.4 Å². The second-order valence-corrected chi connectivity index (χ2v) is 11.2. The molecule has 0 saturated heterocycles. The average Bonchev–Trinajstić information content (AvgIpc) is 2.84. The topological polar surface area (TPSA) is 71.0 Å². The molecule has 3 aromatic carbocycles. The van der Waals surface area contributed by atoms with Crippen molar-refractivity contribution in [2.24, 2.45) is 0 Å². The van der Waals surface area contributed by atoms with Gasteiger partial charge in [0.1, 0.15) is 12.4 Å². The summed E-state index contributed by atoms with van der Waals surface area (Å²) >= 11 is 0. The lowest BCUT2D eigenvalue weighted by Crippen LogP contribution is -2.29. The second kappa shape index (κ2) is 10.3. The average molecular weight is 517 g/mol. The minimum absolute atomic E-state index is 0.606. The fourth-order valence-electron chi connectivity index (χ4n) is 5.39. The Morgan fingerprint density at radius 2 is 1.66 bits per heavy atom. The van der Waals surface area contributed by atoms with E-state index >= 15 is 0 Å². The van der Waals surface area contributed by atoms with Gasteiger partial charge in [-0.1, -0.05) is 24.3 Å². The van der Waals surface area contributed by atoms with E-state index in [-0.39, 0.29) is 0 Å². The number of fused-ring (bicyclic) bond motifs is 1. The van der Waals surface area contributed by atoms with Crippen molar-refractivity contribution in [1.29, 1.82) is 0 Å². The Morgan fingerprint density at radius 3 is 2.26 bits per heavy atom. The third-order valence-corrected chi connectivity index (χ3v) is 7.40. The molecule has 1 heterocycles. The summed E-state index contributed by atoms with van der Waals surface area (Å²) in [5, 5.41) is 13.8. The van der Waals surface area contributed by atoms with Gasteiger partial charge in [-0.15, -0.1) is 0 Å². The molecular formula is C32H40N2O4. The molecule has 0 fully saturated rings. The van der Waals surface area contributed by atoms with Crippen molar-refractivity contribution < 1.29 is 19.4 Å². The highest BCUT2D eigenvalue weighted by atomic mass is 16.5. The van der Waals surface area contributed by atoms with Crippen molar-refractivity contribution in [2.45, 2.75) is 60.2 Å². The van der Waals surface area contributed by atoms with Gasteiger partial charge in [0.15, 0.2) is 6.10 Å². The molecule has 202 valence electrons. The molecule has 3 aromatic rings. The minimum Gasteiger partial charge on any atom is -0.490 e. The van der Waals surface area contributed by atoms with E-state index < -0.39 is 17.7 Å². The fourth-order valence-corrected chi connectivity index (χ4v) is 5.39. The van der Waals surface area contributed by atoms with Crippen LogP contribution in [0.1, 0.15) is 54.7 Å². The zero-order valence-electron chi connectivity index (χ0n) is 24.1. The summed E-state index contributed by atoms with van der Waals surface area (Å²) in [5.41, 5.74) is 10.1. The molecule has 0 spiro atoms. The van der Waals surface area contributed by atoms with Crippen LogP contribution in [0.3, 0.4) is 0 Å². The number of rotatable bonds is 6. The van der Waals surface area contributed by atoms with Gasteiger partial charge >= 0.3 is 5.97 Å². The van der Waals surface area contributed by atoms with Crippen molar-refractivity contribution in [3.63, 3.8) is 0 Å². The van der Waals surface area contributed by atoms with E-state index in [0.29, 0.717) is 12.2 Å². The maximum atomic E-state index is 12.8. The van der Waals surface area contributed by atoms with Crippen LogP contribution in [0.5, 0.6) is 5.75 Å². The molecule has 0 saturated carbocycles. The van der Waals surface area contributed by atoms with Gasteiger partial charge in [0, 0.05) is 30.9 Å². The van der Waals surface area contributed by atoms with Gasteiger partial charge in [0.05, 0.1) is 17.8 Å². The van der Waals surface area contributed by atoms with Crippen molar-refractivity contribution in [2.75, 3.05) is 37.5 Å². The SMILES string of the molecule is CNc1c(C)c(C(OC(C)(C)C)C(=O)O)c(-c2ccc3c(c2)OCCN3C)c(C)c1-c1ccc(C)c(C)c1. The highest BCUT2D eigenvalue weighted by Gasteiger charge is 2.34. The van der Waals surface area contributed by atoms with Crippen molar-refractivity contribution in [3.8, 4) is 28.0 Å². The number of carboxylic acid groups (broad SMARTS) is 1.